The third-order valence-electron chi connectivity index (χ3n) is 5.64. The molecule has 1 saturated heterocycles. The van der Waals surface area contributed by atoms with E-state index in [4.69, 9.17) is 4.98 Å². The molecular weight excluding hydrogens is 396 g/mol. The van der Waals surface area contributed by atoms with Crippen molar-refractivity contribution in [1.29, 1.82) is 0 Å². The highest BCUT2D eigenvalue weighted by Crippen LogP contribution is 2.34. The Balaban J connectivity index is 1.53. The van der Waals surface area contributed by atoms with Crippen molar-refractivity contribution >= 4 is 28.7 Å². The summed E-state index contributed by atoms with van der Waals surface area (Å²) in [7, 11) is 0. The van der Waals surface area contributed by atoms with E-state index in [2.05, 4.69) is 33.6 Å². The van der Waals surface area contributed by atoms with Gasteiger partial charge < -0.3 is 9.88 Å². The Hall–Kier alpha value is -3.13. The third kappa shape index (κ3) is 3.17. The van der Waals surface area contributed by atoms with Crippen molar-refractivity contribution < 1.29 is 4.79 Å². The van der Waals surface area contributed by atoms with Crippen molar-refractivity contribution in [1.82, 2.24) is 29.9 Å². The Morgan fingerprint density at radius 3 is 2.83 bits per heavy atom. The molecule has 3 heterocycles. The molecule has 0 unspecified atom stereocenters. The number of carbonyl (C=O) groups excluding carboxylic acids is 1. The summed E-state index contributed by atoms with van der Waals surface area (Å²) in [6.45, 7) is 2.66. The number of rotatable bonds is 4. The molecule has 152 valence electrons. The Bertz CT molecular complexity index is 1220. The first kappa shape index (κ1) is 18.9. The Labute approximate surface area is 178 Å². The molecule has 4 aromatic rings. The summed E-state index contributed by atoms with van der Waals surface area (Å²) in [4.78, 5) is 26.6. The zero-order valence-electron chi connectivity index (χ0n) is 16.9. The fourth-order valence-corrected chi connectivity index (χ4v) is 4.61. The summed E-state index contributed by atoms with van der Waals surface area (Å²) in [5, 5.41) is 8.47. The average Bonchev–Trinajstić information content (AvgIpc) is 3.52. The Kier molecular flexibility index (Phi) is 4.78. The highest BCUT2D eigenvalue weighted by Gasteiger charge is 2.34. The van der Waals surface area contributed by atoms with E-state index in [1.807, 2.05) is 36.1 Å². The van der Waals surface area contributed by atoms with E-state index in [0.29, 0.717) is 17.8 Å². The van der Waals surface area contributed by atoms with Crippen LogP contribution in [0.3, 0.4) is 0 Å². The summed E-state index contributed by atoms with van der Waals surface area (Å²) in [5.41, 5.74) is 4.19. The van der Waals surface area contributed by atoms with Crippen molar-refractivity contribution in [3.8, 4) is 5.69 Å². The monoisotopic (exact) mass is 418 g/mol. The van der Waals surface area contributed by atoms with Crippen LogP contribution in [0.5, 0.6) is 0 Å². The van der Waals surface area contributed by atoms with Crippen LogP contribution in [0.15, 0.2) is 53.7 Å². The fourth-order valence-electron chi connectivity index (χ4n) is 4.17. The number of carbonyl (C=O) groups is 1. The molecule has 1 fully saturated rings. The summed E-state index contributed by atoms with van der Waals surface area (Å²) >= 11 is 1.70. The number of fused-ring (bicyclic) bond motifs is 1. The van der Waals surface area contributed by atoms with Crippen LogP contribution < -0.4 is 0 Å². The first-order valence-corrected chi connectivity index (χ1v) is 11.2. The van der Waals surface area contributed by atoms with Crippen LogP contribution in [0.25, 0.3) is 16.7 Å². The molecule has 0 bridgehead atoms. The number of hydrogen-bond donors (Lipinski definition) is 1. The number of nitrogens with zero attached hydrogens (tertiary/aromatic N) is 5. The molecule has 1 atom stereocenters. The lowest BCUT2D eigenvalue weighted by atomic mass is 10.0. The predicted octanol–water partition coefficient (Wildman–Crippen LogP) is 4.15. The highest BCUT2D eigenvalue weighted by atomic mass is 32.2. The van der Waals surface area contributed by atoms with Gasteiger partial charge in [0.2, 0.25) is 0 Å². The number of imidazole rings is 1. The van der Waals surface area contributed by atoms with Gasteiger partial charge in [0.05, 0.1) is 40.7 Å². The van der Waals surface area contributed by atoms with Crippen molar-refractivity contribution in [2.45, 2.75) is 30.7 Å². The molecule has 0 saturated carbocycles. The standard InChI is InChI=1S/C22H22N6OS/c1-14-5-3-6-18(28-23-10-11-24-28)20(14)22(29)27-12-4-7-19(27)21-25-16-9-8-15(30-2)13-17(16)26-21/h3,5-6,8-11,13,19H,4,7,12H2,1-2H3,(H,25,26)/t19-/m0/s1. The van der Waals surface area contributed by atoms with Gasteiger partial charge in [0.1, 0.15) is 5.82 Å². The number of likely N-dealkylation sites (tertiary alicyclic amines) is 1. The number of H-pyrrole nitrogens is 1. The molecule has 0 radical (unpaired) electrons. The van der Waals surface area contributed by atoms with Gasteiger partial charge in [-0.2, -0.15) is 15.0 Å². The van der Waals surface area contributed by atoms with Crippen LogP contribution in [0.1, 0.15) is 40.6 Å². The molecule has 7 nitrogen and oxygen atoms in total. The summed E-state index contributed by atoms with van der Waals surface area (Å²) in [6.07, 6.45) is 7.13. The van der Waals surface area contributed by atoms with Crippen molar-refractivity contribution in [3.63, 3.8) is 0 Å². The second-order valence-electron chi connectivity index (χ2n) is 7.45. The molecule has 1 aliphatic rings. The lowest BCUT2D eigenvalue weighted by Gasteiger charge is -2.25. The van der Waals surface area contributed by atoms with Gasteiger partial charge in [-0.3, -0.25) is 4.79 Å². The molecule has 1 aliphatic heterocycles. The lowest BCUT2D eigenvalue weighted by molar-refractivity contribution is 0.0729. The van der Waals surface area contributed by atoms with Gasteiger partial charge in [0.25, 0.3) is 5.91 Å². The number of hydrogen-bond acceptors (Lipinski definition) is 5. The van der Waals surface area contributed by atoms with Crippen LogP contribution in [-0.2, 0) is 0 Å². The van der Waals surface area contributed by atoms with Gasteiger partial charge in [-0.1, -0.05) is 12.1 Å². The van der Waals surface area contributed by atoms with Crippen molar-refractivity contribution in [3.05, 3.63) is 65.7 Å². The molecular formula is C22H22N6OS. The zero-order chi connectivity index (χ0) is 20.7. The number of aromatic amines is 1. The first-order valence-electron chi connectivity index (χ1n) is 9.96. The van der Waals surface area contributed by atoms with Gasteiger partial charge >= 0.3 is 0 Å². The largest absolute Gasteiger partial charge is 0.340 e. The maximum atomic E-state index is 13.7. The smallest absolute Gasteiger partial charge is 0.257 e. The molecule has 8 heteroatoms. The van der Waals surface area contributed by atoms with Gasteiger partial charge in [0.15, 0.2) is 0 Å². The van der Waals surface area contributed by atoms with Gasteiger partial charge in [-0.15, -0.1) is 11.8 Å². The third-order valence-corrected chi connectivity index (χ3v) is 6.36. The fraction of sp³-hybridized carbons (Fsp3) is 0.273. The van der Waals surface area contributed by atoms with E-state index >= 15 is 0 Å². The van der Waals surface area contributed by atoms with Crippen LogP contribution in [0.4, 0.5) is 0 Å². The molecule has 0 aliphatic carbocycles. The zero-order valence-corrected chi connectivity index (χ0v) is 17.7. The topological polar surface area (TPSA) is 79.7 Å². The molecule has 2 aromatic carbocycles. The normalized spacial score (nSPS) is 16.5. The van der Waals surface area contributed by atoms with Crippen LogP contribution >= 0.6 is 11.8 Å². The quantitative estimate of drug-likeness (QED) is 0.504. The highest BCUT2D eigenvalue weighted by molar-refractivity contribution is 7.98. The maximum Gasteiger partial charge on any atom is 0.257 e. The van der Waals surface area contributed by atoms with E-state index in [9.17, 15) is 4.79 Å². The first-order chi connectivity index (χ1) is 14.7. The lowest BCUT2D eigenvalue weighted by Crippen LogP contribution is -2.32. The van der Waals surface area contributed by atoms with Crippen LogP contribution in [0.2, 0.25) is 0 Å². The SMILES string of the molecule is CSc1ccc2nc([C@@H]3CCCN3C(=O)c3c(C)cccc3-n3nccn3)[nH]c2c1. The van der Waals surface area contributed by atoms with Gasteiger partial charge in [0, 0.05) is 11.4 Å². The number of nitrogens with one attached hydrogen (secondary N) is 1. The second kappa shape index (κ2) is 7.60. The van der Waals surface area contributed by atoms with Gasteiger partial charge in [-0.05, 0) is 55.9 Å². The minimum atomic E-state index is -0.0688. The minimum absolute atomic E-state index is 0.00633. The van der Waals surface area contributed by atoms with Crippen LogP contribution in [-0.4, -0.2) is 48.6 Å². The predicted molar refractivity (Wildman–Crippen MR) is 117 cm³/mol. The van der Waals surface area contributed by atoms with E-state index in [1.165, 1.54) is 9.69 Å². The number of amides is 1. The summed E-state index contributed by atoms with van der Waals surface area (Å²) < 4.78 is 0. The van der Waals surface area contributed by atoms with E-state index in [0.717, 1.165) is 35.3 Å². The molecule has 30 heavy (non-hydrogen) atoms. The maximum absolute atomic E-state index is 13.7. The van der Waals surface area contributed by atoms with Crippen molar-refractivity contribution in [2.24, 2.45) is 0 Å². The summed E-state index contributed by atoms with van der Waals surface area (Å²) in [5.74, 6) is 0.842. The van der Waals surface area contributed by atoms with Crippen molar-refractivity contribution in [2.75, 3.05) is 12.8 Å². The number of aromatic nitrogens is 5. The second-order valence-corrected chi connectivity index (χ2v) is 8.33. The summed E-state index contributed by atoms with van der Waals surface area (Å²) in [6, 6.07) is 11.9. The number of thioether (sulfide) groups is 1. The Morgan fingerprint density at radius 2 is 2.03 bits per heavy atom. The van der Waals surface area contributed by atoms with E-state index in [1.54, 1.807) is 24.2 Å². The molecule has 5 rings (SSSR count). The Morgan fingerprint density at radius 1 is 1.20 bits per heavy atom. The van der Waals surface area contributed by atoms with Gasteiger partial charge in [-0.25, -0.2) is 4.98 Å². The van der Waals surface area contributed by atoms with E-state index in [-0.39, 0.29) is 11.9 Å². The minimum Gasteiger partial charge on any atom is -0.340 e. The molecule has 2 aromatic heterocycles. The molecule has 1 N–H and O–H groups in total. The number of aryl methyl sites for hydroxylation is 1. The van der Waals surface area contributed by atoms with E-state index < -0.39 is 0 Å². The number of benzene rings is 2. The molecule has 0 spiro atoms. The molecule has 1 amide bonds. The van der Waals surface area contributed by atoms with Crippen LogP contribution in [0, 0.1) is 6.92 Å². The average molecular weight is 419 g/mol.